The molecule has 0 saturated carbocycles. The fourth-order valence-corrected chi connectivity index (χ4v) is 2.63. The maximum atomic E-state index is 5.92. The minimum Gasteiger partial charge on any atom is -0.370 e. The molecule has 1 aromatic carbocycles. The van der Waals surface area contributed by atoms with E-state index in [4.69, 9.17) is 5.73 Å². The first kappa shape index (κ1) is 8.77. The van der Waals surface area contributed by atoms with Crippen LogP contribution in [0.25, 0.3) is 0 Å². The highest BCUT2D eigenvalue weighted by atomic mass is 15.3. The van der Waals surface area contributed by atoms with Crippen molar-refractivity contribution in [3.05, 3.63) is 35.4 Å². The summed E-state index contributed by atoms with van der Waals surface area (Å²) in [7, 11) is 0. The van der Waals surface area contributed by atoms with Crippen LogP contribution in [0.1, 0.15) is 23.6 Å². The number of hydrogen-bond acceptors (Lipinski definition) is 3. The number of guanidine groups is 1. The van der Waals surface area contributed by atoms with Gasteiger partial charge in [0.2, 0.25) is 0 Å². The van der Waals surface area contributed by atoms with Crippen LogP contribution >= 0.6 is 0 Å². The lowest BCUT2D eigenvalue weighted by molar-refractivity contribution is 0.269. The zero-order chi connectivity index (χ0) is 10.3. The second-order valence-corrected chi connectivity index (χ2v) is 4.19. The van der Waals surface area contributed by atoms with Gasteiger partial charge in [0.05, 0.1) is 6.04 Å². The average molecular weight is 201 g/mol. The first-order chi connectivity index (χ1) is 7.36. The van der Waals surface area contributed by atoms with Gasteiger partial charge >= 0.3 is 0 Å². The zero-order valence-electron chi connectivity index (χ0n) is 8.69. The number of nitrogens with zero attached hydrogens (tertiary/aromatic N) is 2. The minimum atomic E-state index is 0.465. The van der Waals surface area contributed by atoms with Gasteiger partial charge in [-0.05, 0) is 24.0 Å². The number of hydrogen-bond donors (Lipinski definition) is 1. The maximum Gasteiger partial charge on any atom is 0.191 e. The van der Waals surface area contributed by atoms with Crippen LogP contribution in [0.3, 0.4) is 0 Å². The van der Waals surface area contributed by atoms with Crippen molar-refractivity contribution in [3.63, 3.8) is 0 Å². The molecule has 3 rings (SSSR count). The van der Waals surface area contributed by atoms with E-state index in [0.29, 0.717) is 6.04 Å². The van der Waals surface area contributed by atoms with Crippen molar-refractivity contribution in [2.75, 3.05) is 13.1 Å². The van der Waals surface area contributed by atoms with E-state index >= 15 is 0 Å². The molecule has 0 aliphatic carbocycles. The Bertz CT molecular complexity index is 411. The van der Waals surface area contributed by atoms with E-state index in [0.717, 1.165) is 31.9 Å². The molecule has 2 N–H and O–H groups in total. The molecule has 0 fully saturated rings. The Hall–Kier alpha value is -1.51. The van der Waals surface area contributed by atoms with Gasteiger partial charge in [0.1, 0.15) is 0 Å². The molecular weight excluding hydrogens is 186 g/mol. The highest BCUT2D eigenvalue weighted by Crippen LogP contribution is 2.33. The first-order valence-electron chi connectivity index (χ1n) is 5.50. The Morgan fingerprint density at radius 1 is 1.33 bits per heavy atom. The zero-order valence-corrected chi connectivity index (χ0v) is 8.69. The molecule has 2 aliphatic heterocycles. The van der Waals surface area contributed by atoms with E-state index in [1.54, 1.807) is 0 Å². The van der Waals surface area contributed by atoms with Crippen LogP contribution in [-0.2, 0) is 6.42 Å². The summed E-state index contributed by atoms with van der Waals surface area (Å²) < 4.78 is 0. The van der Waals surface area contributed by atoms with Crippen LogP contribution in [-0.4, -0.2) is 23.9 Å². The monoisotopic (exact) mass is 201 g/mol. The van der Waals surface area contributed by atoms with Crippen LogP contribution in [0.5, 0.6) is 0 Å². The van der Waals surface area contributed by atoms with Crippen molar-refractivity contribution < 1.29 is 0 Å². The lowest BCUT2D eigenvalue weighted by atomic mass is 9.90. The van der Waals surface area contributed by atoms with Gasteiger partial charge in [0.25, 0.3) is 0 Å². The molecular formula is C12H15N3. The predicted octanol–water partition coefficient (Wildman–Crippen LogP) is 1.30. The summed E-state index contributed by atoms with van der Waals surface area (Å²) in [5.74, 6) is 0.723. The number of benzene rings is 1. The summed E-state index contributed by atoms with van der Waals surface area (Å²) in [6, 6.07) is 9.16. The van der Waals surface area contributed by atoms with Crippen LogP contribution in [0.4, 0.5) is 0 Å². The second-order valence-electron chi connectivity index (χ2n) is 4.19. The lowest BCUT2D eigenvalue weighted by Crippen LogP contribution is -2.46. The molecule has 2 heterocycles. The summed E-state index contributed by atoms with van der Waals surface area (Å²) in [6.45, 7) is 1.87. The quantitative estimate of drug-likeness (QED) is 0.687. The van der Waals surface area contributed by atoms with E-state index in [1.165, 1.54) is 11.1 Å². The van der Waals surface area contributed by atoms with Crippen molar-refractivity contribution in [1.29, 1.82) is 0 Å². The highest BCUT2D eigenvalue weighted by Gasteiger charge is 2.30. The summed E-state index contributed by atoms with van der Waals surface area (Å²) >= 11 is 0. The highest BCUT2D eigenvalue weighted by molar-refractivity contribution is 5.79. The lowest BCUT2D eigenvalue weighted by Gasteiger charge is -2.40. The Labute approximate surface area is 89.6 Å². The molecule has 78 valence electrons. The molecule has 3 nitrogen and oxygen atoms in total. The van der Waals surface area contributed by atoms with Gasteiger partial charge in [-0.25, -0.2) is 0 Å². The molecule has 1 unspecified atom stereocenters. The predicted molar refractivity (Wildman–Crippen MR) is 60.7 cm³/mol. The smallest absolute Gasteiger partial charge is 0.191 e. The largest absolute Gasteiger partial charge is 0.370 e. The van der Waals surface area contributed by atoms with E-state index in [1.807, 2.05) is 0 Å². The van der Waals surface area contributed by atoms with Crippen molar-refractivity contribution >= 4 is 5.96 Å². The Kier molecular flexibility index (Phi) is 1.91. The van der Waals surface area contributed by atoms with Crippen molar-refractivity contribution in [2.45, 2.75) is 18.9 Å². The number of nitrogens with two attached hydrogens (primary N) is 1. The van der Waals surface area contributed by atoms with E-state index in [2.05, 4.69) is 34.2 Å². The molecule has 0 bridgehead atoms. The van der Waals surface area contributed by atoms with Crippen molar-refractivity contribution in [3.8, 4) is 0 Å². The SMILES string of the molecule is NC1=NCCC2c3ccccc3CCN12. The molecule has 2 aliphatic rings. The van der Waals surface area contributed by atoms with E-state index < -0.39 is 0 Å². The third kappa shape index (κ3) is 1.30. The van der Waals surface area contributed by atoms with Gasteiger partial charge in [-0.15, -0.1) is 0 Å². The van der Waals surface area contributed by atoms with Gasteiger partial charge in [-0.3, -0.25) is 4.99 Å². The molecule has 0 amide bonds. The summed E-state index contributed by atoms with van der Waals surface area (Å²) in [4.78, 5) is 6.55. The molecule has 1 atom stereocenters. The molecule has 0 saturated heterocycles. The molecule has 0 aromatic heterocycles. The normalized spacial score (nSPS) is 24.1. The molecule has 3 heteroatoms. The Morgan fingerprint density at radius 2 is 2.20 bits per heavy atom. The third-order valence-electron chi connectivity index (χ3n) is 3.38. The van der Waals surface area contributed by atoms with E-state index in [9.17, 15) is 0 Å². The first-order valence-corrected chi connectivity index (χ1v) is 5.50. The average Bonchev–Trinajstić information content (AvgIpc) is 2.29. The third-order valence-corrected chi connectivity index (χ3v) is 3.38. The van der Waals surface area contributed by atoms with Gasteiger partial charge in [0, 0.05) is 13.1 Å². The maximum absolute atomic E-state index is 5.92. The van der Waals surface area contributed by atoms with Gasteiger partial charge in [-0.1, -0.05) is 24.3 Å². The van der Waals surface area contributed by atoms with Gasteiger partial charge in [-0.2, -0.15) is 0 Å². The van der Waals surface area contributed by atoms with Crippen LogP contribution in [0.2, 0.25) is 0 Å². The molecule has 0 spiro atoms. The van der Waals surface area contributed by atoms with Crippen molar-refractivity contribution in [2.24, 2.45) is 10.7 Å². The second kappa shape index (κ2) is 3.26. The van der Waals surface area contributed by atoms with Crippen molar-refractivity contribution in [1.82, 2.24) is 4.90 Å². The standard InChI is InChI=1S/C12H15N3/c13-12-14-7-5-11-10-4-2-1-3-9(10)6-8-15(11)12/h1-4,11H,5-8H2,(H2,13,14). The molecule has 15 heavy (non-hydrogen) atoms. The summed E-state index contributed by atoms with van der Waals surface area (Å²) in [5, 5.41) is 0. The van der Waals surface area contributed by atoms with Crippen LogP contribution < -0.4 is 5.73 Å². The van der Waals surface area contributed by atoms with Crippen LogP contribution in [0, 0.1) is 0 Å². The number of fused-ring (bicyclic) bond motifs is 3. The van der Waals surface area contributed by atoms with Crippen LogP contribution in [0.15, 0.2) is 29.3 Å². The fourth-order valence-electron chi connectivity index (χ4n) is 2.63. The minimum absolute atomic E-state index is 0.465. The Morgan fingerprint density at radius 3 is 3.13 bits per heavy atom. The number of rotatable bonds is 0. The van der Waals surface area contributed by atoms with Gasteiger partial charge < -0.3 is 10.6 Å². The summed E-state index contributed by atoms with van der Waals surface area (Å²) in [6.07, 6.45) is 2.18. The summed E-state index contributed by atoms with van der Waals surface area (Å²) in [5.41, 5.74) is 8.85. The topological polar surface area (TPSA) is 41.6 Å². The van der Waals surface area contributed by atoms with E-state index in [-0.39, 0.29) is 0 Å². The van der Waals surface area contributed by atoms with Gasteiger partial charge in [0.15, 0.2) is 5.96 Å². The fraction of sp³-hybridized carbons (Fsp3) is 0.417. The Balaban J connectivity index is 2.04. The molecule has 1 aromatic rings. The number of aliphatic imine (C=N–C) groups is 1. The molecule has 0 radical (unpaired) electrons.